The number of benzene rings is 2. The van der Waals surface area contributed by atoms with Crippen LogP contribution >= 0.6 is 23.1 Å². The lowest BCUT2D eigenvalue weighted by atomic mass is 10.2. The lowest BCUT2D eigenvalue weighted by Crippen LogP contribution is -2.18. The minimum Gasteiger partial charge on any atom is -0.355 e. The number of amides is 2. The molecule has 0 unspecified atom stereocenters. The number of hydrogen-bond acceptors (Lipinski definition) is 7. The van der Waals surface area contributed by atoms with E-state index in [0.29, 0.717) is 20.7 Å². The van der Waals surface area contributed by atoms with Crippen LogP contribution in [0.1, 0.15) is 15.9 Å². The van der Waals surface area contributed by atoms with Crippen molar-refractivity contribution in [1.29, 1.82) is 0 Å². The molecule has 2 amide bonds. The predicted molar refractivity (Wildman–Crippen MR) is 114 cm³/mol. The molecule has 0 saturated heterocycles. The first-order valence-corrected chi connectivity index (χ1v) is 10.3. The van der Waals surface area contributed by atoms with E-state index in [1.165, 1.54) is 28.7 Å². The fourth-order valence-corrected chi connectivity index (χ4v) is 3.86. The van der Waals surface area contributed by atoms with E-state index in [9.17, 15) is 9.59 Å². The second-order valence-corrected chi connectivity index (χ2v) is 8.06. The zero-order valence-electron chi connectivity index (χ0n) is 15.4. The Morgan fingerprint density at radius 2 is 1.86 bits per heavy atom. The van der Waals surface area contributed by atoms with Crippen LogP contribution in [0.25, 0.3) is 0 Å². The zero-order valence-corrected chi connectivity index (χ0v) is 17.0. The van der Waals surface area contributed by atoms with E-state index in [4.69, 9.17) is 0 Å². The average molecular weight is 414 g/mol. The summed E-state index contributed by atoms with van der Waals surface area (Å²) < 4.78 is 0.698. The van der Waals surface area contributed by atoms with Crippen LogP contribution < -0.4 is 16.0 Å². The highest BCUT2D eigenvalue weighted by Crippen LogP contribution is 2.27. The molecule has 9 heteroatoms. The van der Waals surface area contributed by atoms with Crippen molar-refractivity contribution in [3.8, 4) is 0 Å². The van der Waals surface area contributed by atoms with Crippen molar-refractivity contribution in [3.05, 3.63) is 59.7 Å². The van der Waals surface area contributed by atoms with E-state index in [1.54, 1.807) is 31.3 Å². The Labute approximate surface area is 171 Å². The first kappa shape index (κ1) is 19.8. The van der Waals surface area contributed by atoms with E-state index in [-0.39, 0.29) is 17.6 Å². The van der Waals surface area contributed by atoms with Crippen LogP contribution in [-0.2, 0) is 4.79 Å². The Kier molecular flexibility index (Phi) is 6.62. The topological polar surface area (TPSA) is 96.0 Å². The SMILES string of the molecule is CNC(=O)c1cccc(NC(=O)CSc2nnc(Nc3ccc(C)cc3)s2)c1. The maximum atomic E-state index is 12.2. The largest absolute Gasteiger partial charge is 0.355 e. The standard InChI is InChI=1S/C19H19N5O2S2/c1-12-6-8-14(9-7-12)22-18-23-24-19(28-18)27-11-16(25)21-15-5-3-4-13(10-15)17(26)20-2/h3-10H,11H2,1-2H3,(H,20,26)(H,21,25)(H,22,23). The van der Waals surface area contributed by atoms with Gasteiger partial charge in [0.1, 0.15) is 0 Å². The molecular weight excluding hydrogens is 394 g/mol. The number of carbonyl (C=O) groups is 2. The summed E-state index contributed by atoms with van der Waals surface area (Å²) >= 11 is 2.70. The van der Waals surface area contributed by atoms with Crippen LogP contribution in [-0.4, -0.2) is 34.8 Å². The Morgan fingerprint density at radius 3 is 2.61 bits per heavy atom. The molecule has 0 radical (unpaired) electrons. The summed E-state index contributed by atoms with van der Waals surface area (Å²) in [6.45, 7) is 2.03. The third-order valence-electron chi connectivity index (χ3n) is 3.67. The summed E-state index contributed by atoms with van der Waals surface area (Å²) in [6, 6.07) is 14.8. The normalized spacial score (nSPS) is 10.4. The number of anilines is 3. The van der Waals surface area contributed by atoms with Crippen molar-refractivity contribution in [3.63, 3.8) is 0 Å². The van der Waals surface area contributed by atoms with Crippen LogP contribution in [0.4, 0.5) is 16.5 Å². The molecule has 0 saturated carbocycles. The number of thioether (sulfide) groups is 1. The molecule has 2 aromatic carbocycles. The van der Waals surface area contributed by atoms with Crippen LogP contribution in [0.15, 0.2) is 52.9 Å². The minimum absolute atomic E-state index is 0.178. The minimum atomic E-state index is -0.201. The smallest absolute Gasteiger partial charge is 0.251 e. The molecule has 3 aromatic rings. The van der Waals surface area contributed by atoms with E-state index in [0.717, 1.165) is 5.69 Å². The Hall–Kier alpha value is -2.91. The third-order valence-corrected chi connectivity index (χ3v) is 5.64. The number of hydrogen-bond donors (Lipinski definition) is 3. The maximum Gasteiger partial charge on any atom is 0.251 e. The summed E-state index contributed by atoms with van der Waals surface area (Å²) in [5.74, 6) is -0.182. The molecule has 144 valence electrons. The number of rotatable bonds is 7. The van der Waals surface area contributed by atoms with Gasteiger partial charge >= 0.3 is 0 Å². The summed E-state index contributed by atoms with van der Waals surface area (Å²) in [5, 5.41) is 17.4. The fraction of sp³-hybridized carbons (Fsp3) is 0.158. The number of nitrogens with one attached hydrogen (secondary N) is 3. The Morgan fingerprint density at radius 1 is 1.07 bits per heavy atom. The number of aryl methyl sites for hydroxylation is 1. The fourth-order valence-electron chi connectivity index (χ4n) is 2.29. The zero-order chi connectivity index (χ0) is 19.9. The second-order valence-electron chi connectivity index (χ2n) is 5.86. The van der Waals surface area contributed by atoms with Crippen LogP contribution in [0.3, 0.4) is 0 Å². The van der Waals surface area contributed by atoms with Gasteiger partial charge in [0.15, 0.2) is 4.34 Å². The van der Waals surface area contributed by atoms with Gasteiger partial charge in [-0.05, 0) is 37.3 Å². The van der Waals surface area contributed by atoms with Crippen LogP contribution in [0.5, 0.6) is 0 Å². The van der Waals surface area contributed by atoms with Crippen molar-refractivity contribution in [2.45, 2.75) is 11.3 Å². The molecule has 3 rings (SSSR count). The van der Waals surface area contributed by atoms with Crippen molar-refractivity contribution in [1.82, 2.24) is 15.5 Å². The number of aromatic nitrogens is 2. The number of carbonyl (C=O) groups excluding carboxylic acids is 2. The van der Waals surface area contributed by atoms with Gasteiger partial charge in [-0.2, -0.15) is 0 Å². The molecular formula is C19H19N5O2S2. The van der Waals surface area contributed by atoms with Gasteiger partial charge in [-0.3, -0.25) is 9.59 Å². The maximum absolute atomic E-state index is 12.2. The highest BCUT2D eigenvalue weighted by atomic mass is 32.2. The van der Waals surface area contributed by atoms with Crippen LogP contribution in [0.2, 0.25) is 0 Å². The number of nitrogens with zero attached hydrogens (tertiary/aromatic N) is 2. The summed E-state index contributed by atoms with van der Waals surface area (Å²) in [5.41, 5.74) is 3.19. The molecule has 3 N–H and O–H groups in total. The van der Waals surface area contributed by atoms with Crippen molar-refractivity contribution >= 4 is 51.4 Å². The second kappa shape index (κ2) is 9.34. The van der Waals surface area contributed by atoms with Gasteiger partial charge < -0.3 is 16.0 Å². The molecule has 0 bridgehead atoms. The van der Waals surface area contributed by atoms with Gasteiger partial charge in [0.05, 0.1) is 5.75 Å². The third kappa shape index (κ3) is 5.54. The first-order valence-electron chi connectivity index (χ1n) is 8.45. The van der Waals surface area contributed by atoms with Crippen molar-refractivity contribution < 1.29 is 9.59 Å². The average Bonchev–Trinajstić information content (AvgIpc) is 3.15. The summed E-state index contributed by atoms with van der Waals surface area (Å²) in [4.78, 5) is 23.8. The molecule has 7 nitrogen and oxygen atoms in total. The van der Waals surface area contributed by atoms with E-state index in [1.807, 2.05) is 31.2 Å². The molecule has 28 heavy (non-hydrogen) atoms. The molecule has 1 aromatic heterocycles. The van der Waals surface area contributed by atoms with Gasteiger partial charge in [-0.25, -0.2) is 0 Å². The van der Waals surface area contributed by atoms with E-state index < -0.39 is 0 Å². The molecule has 0 aliphatic rings. The predicted octanol–water partition coefficient (Wildman–Crippen LogP) is 3.68. The highest BCUT2D eigenvalue weighted by Gasteiger charge is 2.10. The molecule has 1 heterocycles. The quantitative estimate of drug-likeness (QED) is 0.512. The van der Waals surface area contributed by atoms with Gasteiger partial charge in [-0.15, -0.1) is 10.2 Å². The Balaban J connectivity index is 1.52. The van der Waals surface area contributed by atoms with Crippen molar-refractivity contribution in [2.75, 3.05) is 23.4 Å². The monoisotopic (exact) mass is 413 g/mol. The molecule has 0 fully saturated rings. The van der Waals surface area contributed by atoms with Gasteiger partial charge in [-0.1, -0.05) is 46.9 Å². The molecule has 0 aliphatic carbocycles. The summed E-state index contributed by atoms with van der Waals surface area (Å²) in [6.07, 6.45) is 0. The Bertz CT molecular complexity index is 972. The summed E-state index contributed by atoms with van der Waals surface area (Å²) in [7, 11) is 1.56. The van der Waals surface area contributed by atoms with Gasteiger partial charge in [0.2, 0.25) is 11.0 Å². The molecule has 0 aliphatic heterocycles. The lowest BCUT2D eigenvalue weighted by Gasteiger charge is -2.06. The van der Waals surface area contributed by atoms with Gasteiger partial charge in [0, 0.05) is 24.0 Å². The highest BCUT2D eigenvalue weighted by molar-refractivity contribution is 8.01. The van der Waals surface area contributed by atoms with Crippen LogP contribution in [0, 0.1) is 6.92 Å². The van der Waals surface area contributed by atoms with Gasteiger partial charge in [0.25, 0.3) is 5.91 Å². The molecule has 0 atom stereocenters. The van der Waals surface area contributed by atoms with E-state index in [2.05, 4.69) is 26.1 Å². The first-order chi connectivity index (χ1) is 13.5. The lowest BCUT2D eigenvalue weighted by molar-refractivity contribution is -0.113. The van der Waals surface area contributed by atoms with E-state index >= 15 is 0 Å². The van der Waals surface area contributed by atoms with Crippen molar-refractivity contribution in [2.24, 2.45) is 0 Å². The molecule has 0 spiro atoms.